The standard InChI is InChI=1S/C11H10O3/c12-9-6-8-3-1-2-7-4-5-13-10(7)11(8)14-9/h1,3-5,7-8H,2,6H2/t7-,8+/m0/s1. The van der Waals surface area contributed by atoms with Crippen LogP contribution in [0.4, 0.5) is 0 Å². The van der Waals surface area contributed by atoms with Gasteiger partial charge in [0.25, 0.3) is 0 Å². The Bertz CT molecular complexity index is 376. The van der Waals surface area contributed by atoms with Crippen molar-refractivity contribution in [1.29, 1.82) is 0 Å². The Kier molecular flexibility index (Phi) is 1.54. The SMILES string of the molecule is O=C1C[C@H]2C=CC[C@H]3C=COC3=C2O1. The summed E-state index contributed by atoms with van der Waals surface area (Å²) < 4.78 is 10.6. The molecule has 0 aromatic carbocycles. The maximum Gasteiger partial charge on any atom is 0.312 e. The summed E-state index contributed by atoms with van der Waals surface area (Å²) in [5, 5.41) is 0. The van der Waals surface area contributed by atoms with E-state index in [4.69, 9.17) is 9.47 Å². The lowest BCUT2D eigenvalue weighted by atomic mass is 10.0. The Morgan fingerprint density at radius 3 is 3.07 bits per heavy atom. The van der Waals surface area contributed by atoms with E-state index in [9.17, 15) is 4.79 Å². The van der Waals surface area contributed by atoms with Crippen LogP contribution in [0, 0.1) is 11.8 Å². The molecule has 2 atom stereocenters. The first-order valence-electron chi connectivity index (χ1n) is 4.79. The number of allylic oxidation sites excluding steroid dienone is 3. The zero-order chi connectivity index (χ0) is 9.54. The molecule has 0 unspecified atom stereocenters. The lowest BCUT2D eigenvalue weighted by Gasteiger charge is -2.09. The predicted molar refractivity (Wildman–Crippen MR) is 48.7 cm³/mol. The molecule has 0 amide bonds. The Hall–Kier alpha value is -1.51. The van der Waals surface area contributed by atoms with Gasteiger partial charge < -0.3 is 9.47 Å². The molecule has 0 bridgehead atoms. The molecule has 3 nitrogen and oxygen atoms in total. The van der Waals surface area contributed by atoms with Crippen LogP contribution in [0.25, 0.3) is 0 Å². The van der Waals surface area contributed by atoms with Crippen LogP contribution in [0.3, 0.4) is 0 Å². The van der Waals surface area contributed by atoms with Crippen LogP contribution in [-0.2, 0) is 14.3 Å². The van der Waals surface area contributed by atoms with Crippen LogP contribution < -0.4 is 0 Å². The lowest BCUT2D eigenvalue weighted by molar-refractivity contribution is -0.135. The second-order valence-electron chi connectivity index (χ2n) is 3.73. The highest BCUT2D eigenvalue weighted by Gasteiger charge is 2.36. The van der Waals surface area contributed by atoms with E-state index in [2.05, 4.69) is 6.08 Å². The van der Waals surface area contributed by atoms with Gasteiger partial charge in [0.05, 0.1) is 12.7 Å². The van der Waals surface area contributed by atoms with Gasteiger partial charge in [-0.1, -0.05) is 12.2 Å². The van der Waals surface area contributed by atoms with Crippen molar-refractivity contribution in [3.05, 3.63) is 36.0 Å². The number of fused-ring (bicyclic) bond motifs is 2. The van der Waals surface area contributed by atoms with Gasteiger partial charge in [0.2, 0.25) is 0 Å². The Morgan fingerprint density at radius 1 is 1.21 bits per heavy atom. The molecular weight excluding hydrogens is 180 g/mol. The summed E-state index contributed by atoms with van der Waals surface area (Å²) in [5.74, 6) is 1.75. The first-order chi connectivity index (χ1) is 6.84. The number of esters is 1. The molecule has 1 fully saturated rings. The predicted octanol–water partition coefficient (Wildman–Crippen LogP) is 1.88. The van der Waals surface area contributed by atoms with Crippen molar-refractivity contribution in [2.24, 2.45) is 11.8 Å². The van der Waals surface area contributed by atoms with E-state index in [1.165, 1.54) is 0 Å². The molecule has 3 aliphatic rings. The van der Waals surface area contributed by atoms with E-state index < -0.39 is 0 Å². The minimum atomic E-state index is -0.154. The number of rotatable bonds is 0. The fraction of sp³-hybridized carbons (Fsp3) is 0.364. The van der Waals surface area contributed by atoms with Crippen LogP contribution in [0.5, 0.6) is 0 Å². The molecular formula is C11H10O3. The molecule has 0 spiro atoms. The zero-order valence-electron chi connectivity index (χ0n) is 7.60. The van der Waals surface area contributed by atoms with Gasteiger partial charge in [-0.2, -0.15) is 0 Å². The highest BCUT2D eigenvalue weighted by Crippen LogP contribution is 2.39. The molecule has 0 N–H and O–H groups in total. The molecule has 1 saturated heterocycles. The molecule has 0 aromatic rings. The molecule has 1 aliphatic carbocycles. The summed E-state index contributed by atoms with van der Waals surface area (Å²) in [7, 11) is 0. The first-order valence-corrected chi connectivity index (χ1v) is 4.79. The number of carbonyl (C=O) groups excluding carboxylic acids is 1. The highest BCUT2D eigenvalue weighted by molar-refractivity contribution is 5.75. The Balaban J connectivity index is 2.06. The minimum Gasteiger partial charge on any atom is -0.465 e. The van der Waals surface area contributed by atoms with Crippen LogP contribution in [-0.4, -0.2) is 5.97 Å². The minimum absolute atomic E-state index is 0.0994. The summed E-state index contributed by atoms with van der Waals surface area (Å²) in [5.41, 5.74) is 0. The van der Waals surface area contributed by atoms with Crippen molar-refractivity contribution in [3.8, 4) is 0 Å². The van der Waals surface area contributed by atoms with Crippen LogP contribution in [0.15, 0.2) is 36.0 Å². The van der Waals surface area contributed by atoms with Crippen LogP contribution >= 0.6 is 0 Å². The first kappa shape index (κ1) is 7.85. The van der Waals surface area contributed by atoms with Crippen molar-refractivity contribution >= 4 is 5.97 Å². The lowest BCUT2D eigenvalue weighted by Crippen LogP contribution is -2.02. The number of ether oxygens (including phenoxy) is 2. The van der Waals surface area contributed by atoms with Gasteiger partial charge in [-0.3, -0.25) is 4.79 Å². The molecule has 3 heteroatoms. The van der Waals surface area contributed by atoms with Gasteiger partial charge in [-0.15, -0.1) is 0 Å². The Morgan fingerprint density at radius 2 is 2.14 bits per heavy atom. The third kappa shape index (κ3) is 1.02. The van der Waals surface area contributed by atoms with Crippen molar-refractivity contribution in [3.63, 3.8) is 0 Å². The molecule has 2 heterocycles. The molecule has 0 radical (unpaired) electrons. The maximum absolute atomic E-state index is 11.1. The maximum atomic E-state index is 11.1. The third-order valence-corrected chi connectivity index (χ3v) is 2.79. The van der Waals surface area contributed by atoms with Crippen molar-refractivity contribution < 1.29 is 14.3 Å². The fourth-order valence-electron chi connectivity index (χ4n) is 2.10. The normalized spacial score (nSPS) is 33.6. The van der Waals surface area contributed by atoms with E-state index in [0.717, 1.165) is 17.9 Å². The van der Waals surface area contributed by atoms with Gasteiger partial charge in [0, 0.05) is 11.8 Å². The average molecular weight is 190 g/mol. The molecule has 14 heavy (non-hydrogen) atoms. The summed E-state index contributed by atoms with van der Waals surface area (Å²) >= 11 is 0. The summed E-state index contributed by atoms with van der Waals surface area (Å²) in [4.78, 5) is 11.1. The average Bonchev–Trinajstić information content (AvgIpc) is 2.70. The van der Waals surface area contributed by atoms with Gasteiger partial charge in [-0.05, 0) is 12.5 Å². The van der Waals surface area contributed by atoms with Crippen molar-refractivity contribution in [2.45, 2.75) is 12.8 Å². The van der Waals surface area contributed by atoms with E-state index in [1.807, 2.05) is 12.2 Å². The second-order valence-corrected chi connectivity index (χ2v) is 3.73. The number of carbonyl (C=O) groups is 1. The van der Waals surface area contributed by atoms with Gasteiger partial charge in [0.1, 0.15) is 5.76 Å². The summed E-state index contributed by atoms with van der Waals surface area (Å²) in [6, 6.07) is 0. The zero-order valence-corrected chi connectivity index (χ0v) is 7.60. The molecule has 3 rings (SSSR count). The fourth-order valence-corrected chi connectivity index (χ4v) is 2.10. The van der Waals surface area contributed by atoms with Crippen LogP contribution in [0.2, 0.25) is 0 Å². The highest BCUT2D eigenvalue weighted by atomic mass is 16.6. The van der Waals surface area contributed by atoms with E-state index in [1.54, 1.807) is 6.26 Å². The van der Waals surface area contributed by atoms with E-state index in [-0.39, 0.29) is 17.8 Å². The van der Waals surface area contributed by atoms with E-state index >= 15 is 0 Å². The van der Waals surface area contributed by atoms with Crippen molar-refractivity contribution in [2.75, 3.05) is 0 Å². The van der Waals surface area contributed by atoms with E-state index in [0.29, 0.717) is 6.42 Å². The quantitative estimate of drug-likeness (QED) is 0.432. The Labute approximate surface area is 81.7 Å². The van der Waals surface area contributed by atoms with Crippen LogP contribution in [0.1, 0.15) is 12.8 Å². The summed E-state index contributed by atoms with van der Waals surface area (Å²) in [6.45, 7) is 0. The molecule has 72 valence electrons. The topological polar surface area (TPSA) is 35.5 Å². The van der Waals surface area contributed by atoms with Gasteiger partial charge >= 0.3 is 5.97 Å². The largest absolute Gasteiger partial charge is 0.465 e. The number of hydrogen-bond donors (Lipinski definition) is 0. The third-order valence-electron chi connectivity index (χ3n) is 2.79. The number of hydrogen-bond acceptors (Lipinski definition) is 3. The smallest absolute Gasteiger partial charge is 0.312 e. The van der Waals surface area contributed by atoms with Gasteiger partial charge in [0.15, 0.2) is 5.76 Å². The van der Waals surface area contributed by atoms with Gasteiger partial charge in [-0.25, -0.2) is 0 Å². The molecule has 2 aliphatic heterocycles. The van der Waals surface area contributed by atoms with Crippen molar-refractivity contribution in [1.82, 2.24) is 0 Å². The molecule has 0 saturated carbocycles. The molecule has 0 aromatic heterocycles. The monoisotopic (exact) mass is 190 g/mol. The second kappa shape index (κ2) is 2.74. The summed E-state index contributed by atoms with van der Waals surface area (Å²) in [6.07, 6.45) is 9.21.